The average Bonchev–Trinajstić information content (AvgIpc) is 2.58. The number of hydrogen-bond acceptors (Lipinski definition) is 3. The number of ether oxygens (including phenoxy) is 1. The molecule has 0 saturated carbocycles. The van der Waals surface area contributed by atoms with Crippen molar-refractivity contribution in [1.82, 2.24) is 10.2 Å². The van der Waals surface area contributed by atoms with Gasteiger partial charge in [0.1, 0.15) is 5.75 Å². The van der Waals surface area contributed by atoms with Gasteiger partial charge in [0, 0.05) is 18.6 Å². The first-order valence-electron chi connectivity index (χ1n) is 9.03. The Balaban J connectivity index is 2.60. The minimum atomic E-state index is -0.518. The van der Waals surface area contributed by atoms with Gasteiger partial charge in [0.2, 0.25) is 0 Å². The zero-order valence-corrected chi connectivity index (χ0v) is 16.3. The van der Waals surface area contributed by atoms with Crippen molar-refractivity contribution in [3.05, 3.63) is 29.8 Å². The Labute approximate surface area is 151 Å². The fourth-order valence-electron chi connectivity index (χ4n) is 2.95. The van der Waals surface area contributed by atoms with Gasteiger partial charge in [-0.25, -0.2) is 0 Å². The van der Waals surface area contributed by atoms with E-state index in [1.807, 2.05) is 52.0 Å². The van der Waals surface area contributed by atoms with Crippen LogP contribution in [0.2, 0.25) is 0 Å². The zero-order valence-electron chi connectivity index (χ0n) is 16.3. The van der Waals surface area contributed by atoms with E-state index in [1.165, 1.54) is 5.56 Å². The molecule has 1 N–H and O–H groups in total. The molecule has 0 saturated heterocycles. The topological polar surface area (TPSA) is 58.6 Å². The molecule has 0 heterocycles. The van der Waals surface area contributed by atoms with E-state index in [0.29, 0.717) is 6.54 Å². The van der Waals surface area contributed by atoms with Crippen LogP contribution < -0.4 is 10.1 Å². The second kappa shape index (κ2) is 10.1. The van der Waals surface area contributed by atoms with Gasteiger partial charge < -0.3 is 15.0 Å². The molecule has 1 atom stereocenters. The van der Waals surface area contributed by atoms with Crippen molar-refractivity contribution < 1.29 is 14.3 Å². The minimum Gasteiger partial charge on any atom is -0.497 e. The first-order valence-corrected chi connectivity index (χ1v) is 9.03. The van der Waals surface area contributed by atoms with E-state index in [1.54, 1.807) is 12.0 Å². The van der Waals surface area contributed by atoms with Gasteiger partial charge in [-0.3, -0.25) is 9.59 Å². The third-order valence-electron chi connectivity index (χ3n) is 4.35. The molecule has 0 aliphatic carbocycles. The molecule has 0 spiro atoms. The number of hydrogen-bond donors (Lipinski definition) is 1. The average molecular weight is 348 g/mol. The number of nitrogens with one attached hydrogen (secondary N) is 1. The normalized spacial score (nSPS) is 12.2. The Morgan fingerprint density at radius 2 is 1.64 bits per heavy atom. The Kier molecular flexibility index (Phi) is 8.46. The highest BCUT2D eigenvalue weighted by Crippen LogP contribution is 2.16. The molecule has 140 valence electrons. The number of methoxy groups -OCH3 is 1. The number of carbonyl (C=O) groups is 2. The van der Waals surface area contributed by atoms with Gasteiger partial charge in [0.15, 0.2) is 0 Å². The second-order valence-electron chi connectivity index (χ2n) is 6.94. The second-order valence-corrected chi connectivity index (χ2v) is 6.94. The molecule has 5 heteroatoms. The SMILES string of the molecule is CCC(CNC(=O)C(=O)N(C(C)C)C(C)C)Cc1ccc(OC)cc1. The summed E-state index contributed by atoms with van der Waals surface area (Å²) in [6.07, 6.45) is 1.78. The van der Waals surface area contributed by atoms with Gasteiger partial charge in [0.25, 0.3) is 0 Å². The van der Waals surface area contributed by atoms with Crippen LogP contribution in [0.4, 0.5) is 0 Å². The lowest BCUT2D eigenvalue weighted by molar-refractivity contribution is -0.148. The largest absolute Gasteiger partial charge is 0.497 e. The van der Waals surface area contributed by atoms with E-state index >= 15 is 0 Å². The van der Waals surface area contributed by atoms with Crippen molar-refractivity contribution in [3.8, 4) is 5.75 Å². The van der Waals surface area contributed by atoms with Crippen molar-refractivity contribution in [2.75, 3.05) is 13.7 Å². The van der Waals surface area contributed by atoms with Crippen LogP contribution in [0.3, 0.4) is 0 Å². The lowest BCUT2D eigenvalue weighted by Crippen LogP contribution is -2.50. The summed E-state index contributed by atoms with van der Waals surface area (Å²) in [5, 5.41) is 2.81. The van der Waals surface area contributed by atoms with Crippen molar-refractivity contribution in [2.45, 2.75) is 59.5 Å². The summed E-state index contributed by atoms with van der Waals surface area (Å²) < 4.78 is 5.17. The van der Waals surface area contributed by atoms with Gasteiger partial charge >= 0.3 is 11.8 Å². The molecule has 1 aromatic carbocycles. The molecule has 2 amide bonds. The maximum atomic E-state index is 12.4. The number of amides is 2. The van der Waals surface area contributed by atoms with Gasteiger partial charge in [-0.2, -0.15) is 0 Å². The summed E-state index contributed by atoms with van der Waals surface area (Å²) in [4.78, 5) is 26.2. The van der Waals surface area contributed by atoms with E-state index in [9.17, 15) is 9.59 Å². The summed E-state index contributed by atoms with van der Waals surface area (Å²) in [5.41, 5.74) is 1.19. The molecule has 1 rings (SSSR count). The fraction of sp³-hybridized carbons (Fsp3) is 0.600. The summed E-state index contributed by atoms with van der Waals surface area (Å²) in [6.45, 7) is 10.3. The first kappa shape index (κ1) is 21.0. The highest BCUT2D eigenvalue weighted by molar-refractivity contribution is 6.35. The summed E-state index contributed by atoms with van der Waals surface area (Å²) in [6, 6.07) is 7.95. The third kappa shape index (κ3) is 6.40. The Hall–Kier alpha value is -2.04. The standard InChI is InChI=1S/C20H32N2O3/c1-7-16(12-17-8-10-18(25-6)11-9-17)13-21-19(23)20(24)22(14(2)3)15(4)5/h8-11,14-16H,7,12-13H2,1-6H3,(H,21,23). The molecule has 0 bridgehead atoms. The monoisotopic (exact) mass is 348 g/mol. The van der Waals surface area contributed by atoms with E-state index in [0.717, 1.165) is 18.6 Å². The van der Waals surface area contributed by atoms with E-state index < -0.39 is 11.8 Å². The van der Waals surface area contributed by atoms with Crippen LogP contribution in [0.15, 0.2) is 24.3 Å². The van der Waals surface area contributed by atoms with Crippen LogP contribution in [0.25, 0.3) is 0 Å². The Bertz CT molecular complexity index is 545. The van der Waals surface area contributed by atoms with Crippen LogP contribution in [-0.4, -0.2) is 42.5 Å². The number of carbonyl (C=O) groups excluding carboxylic acids is 2. The van der Waals surface area contributed by atoms with E-state index in [-0.39, 0.29) is 18.0 Å². The van der Waals surface area contributed by atoms with Crippen LogP contribution in [0, 0.1) is 5.92 Å². The Morgan fingerprint density at radius 3 is 2.08 bits per heavy atom. The third-order valence-corrected chi connectivity index (χ3v) is 4.35. The predicted molar refractivity (Wildman–Crippen MR) is 101 cm³/mol. The smallest absolute Gasteiger partial charge is 0.312 e. The predicted octanol–water partition coefficient (Wildman–Crippen LogP) is 3.03. The maximum absolute atomic E-state index is 12.4. The number of rotatable bonds is 8. The highest BCUT2D eigenvalue weighted by Gasteiger charge is 2.26. The Morgan fingerprint density at radius 1 is 1.08 bits per heavy atom. The molecule has 0 aromatic heterocycles. The van der Waals surface area contributed by atoms with Crippen molar-refractivity contribution in [1.29, 1.82) is 0 Å². The summed E-state index contributed by atoms with van der Waals surface area (Å²) in [7, 11) is 1.65. The lowest BCUT2D eigenvalue weighted by atomic mass is 9.97. The molecular weight excluding hydrogens is 316 g/mol. The summed E-state index contributed by atoms with van der Waals surface area (Å²) >= 11 is 0. The molecule has 0 fully saturated rings. The van der Waals surface area contributed by atoms with E-state index in [4.69, 9.17) is 4.74 Å². The molecule has 0 radical (unpaired) electrons. The van der Waals surface area contributed by atoms with Gasteiger partial charge in [0.05, 0.1) is 7.11 Å². The van der Waals surface area contributed by atoms with Crippen molar-refractivity contribution >= 4 is 11.8 Å². The molecule has 1 unspecified atom stereocenters. The van der Waals surface area contributed by atoms with Gasteiger partial charge in [-0.15, -0.1) is 0 Å². The highest BCUT2D eigenvalue weighted by atomic mass is 16.5. The van der Waals surface area contributed by atoms with Crippen molar-refractivity contribution in [3.63, 3.8) is 0 Å². The molecular formula is C20H32N2O3. The molecule has 25 heavy (non-hydrogen) atoms. The van der Waals surface area contributed by atoms with Crippen molar-refractivity contribution in [2.24, 2.45) is 5.92 Å². The lowest BCUT2D eigenvalue weighted by Gasteiger charge is -2.30. The molecule has 1 aromatic rings. The molecule has 0 aliphatic heterocycles. The molecule has 5 nitrogen and oxygen atoms in total. The minimum absolute atomic E-state index is 0.000443. The van der Waals surface area contributed by atoms with Crippen LogP contribution in [0.1, 0.15) is 46.6 Å². The first-order chi connectivity index (χ1) is 11.8. The maximum Gasteiger partial charge on any atom is 0.312 e. The van der Waals surface area contributed by atoms with Gasteiger partial charge in [-0.1, -0.05) is 25.5 Å². The van der Waals surface area contributed by atoms with E-state index in [2.05, 4.69) is 12.2 Å². The molecule has 0 aliphatic rings. The zero-order chi connectivity index (χ0) is 19.0. The number of benzene rings is 1. The van der Waals surface area contributed by atoms with Crippen LogP contribution in [-0.2, 0) is 16.0 Å². The summed E-state index contributed by atoms with van der Waals surface area (Å²) in [5.74, 6) is 0.148. The fourth-order valence-corrected chi connectivity index (χ4v) is 2.95. The van der Waals surface area contributed by atoms with Crippen LogP contribution >= 0.6 is 0 Å². The van der Waals surface area contributed by atoms with Gasteiger partial charge in [-0.05, 0) is 57.7 Å². The van der Waals surface area contributed by atoms with Crippen LogP contribution in [0.5, 0.6) is 5.75 Å². The number of nitrogens with zero attached hydrogens (tertiary/aromatic N) is 1. The quantitative estimate of drug-likeness (QED) is 0.735.